The van der Waals surface area contributed by atoms with Crippen LogP contribution in [0.5, 0.6) is 0 Å². The van der Waals surface area contributed by atoms with E-state index < -0.39 is 0 Å². The molecule has 0 saturated carbocycles. The first-order valence-electron chi connectivity index (χ1n) is 5.41. The van der Waals surface area contributed by atoms with E-state index in [0.717, 1.165) is 12.3 Å². The molecule has 0 saturated heterocycles. The van der Waals surface area contributed by atoms with Gasteiger partial charge < -0.3 is 0 Å². The second-order valence-electron chi connectivity index (χ2n) is 4.85. The second-order valence-corrected chi connectivity index (χ2v) is 5.93. The van der Waals surface area contributed by atoms with Gasteiger partial charge in [-0.3, -0.25) is 4.41 Å². The van der Waals surface area contributed by atoms with Crippen molar-refractivity contribution in [1.82, 2.24) is 9.66 Å². The Bertz CT molecular complexity index is 264. The van der Waals surface area contributed by atoms with Crippen LogP contribution in [0.25, 0.3) is 0 Å². The van der Waals surface area contributed by atoms with Gasteiger partial charge in [0.15, 0.2) is 0 Å². The van der Waals surface area contributed by atoms with E-state index in [4.69, 9.17) is 0 Å². The van der Waals surface area contributed by atoms with E-state index in [2.05, 4.69) is 41.8 Å². The first-order chi connectivity index (χ1) is 7.03. The van der Waals surface area contributed by atoms with Crippen molar-refractivity contribution in [3.05, 3.63) is 18.7 Å². The maximum absolute atomic E-state index is 4.09. The zero-order chi connectivity index (χ0) is 11.3. The number of rotatable bonds is 5. The molecule has 4 heteroatoms. The maximum Gasteiger partial charge on any atom is 0.115 e. The molecular formula is C11H21N3S. The molecule has 1 aromatic heterocycles. The predicted octanol–water partition coefficient (Wildman–Crippen LogP) is 2.93. The van der Waals surface area contributed by atoms with Crippen LogP contribution in [-0.4, -0.2) is 22.0 Å². The summed E-state index contributed by atoms with van der Waals surface area (Å²) in [5.41, 5.74) is 0.297. The summed E-state index contributed by atoms with van der Waals surface area (Å²) in [6, 6.07) is 0. The lowest BCUT2D eigenvalue weighted by molar-refractivity contribution is 0.408. The van der Waals surface area contributed by atoms with Crippen molar-refractivity contribution in [2.45, 2.75) is 34.1 Å². The van der Waals surface area contributed by atoms with E-state index in [0.29, 0.717) is 5.41 Å². The molecular weight excluding hydrogens is 206 g/mol. The van der Waals surface area contributed by atoms with Gasteiger partial charge in [0, 0.05) is 18.1 Å². The average molecular weight is 227 g/mol. The standard InChI is InChI=1S/C11H21N3S/c1-5-8-15-14(9-11(2,3)4)13-7-6-12-10-13/h6-7,10H,5,8-9H2,1-4H3. The Morgan fingerprint density at radius 1 is 1.40 bits per heavy atom. The van der Waals surface area contributed by atoms with E-state index in [1.54, 1.807) is 0 Å². The lowest BCUT2D eigenvalue weighted by atomic mass is 9.97. The number of hydrogen-bond donors (Lipinski definition) is 0. The normalized spacial score (nSPS) is 11.7. The van der Waals surface area contributed by atoms with Crippen molar-refractivity contribution >= 4 is 11.9 Å². The molecule has 0 unspecified atom stereocenters. The van der Waals surface area contributed by atoms with Crippen molar-refractivity contribution < 1.29 is 0 Å². The minimum atomic E-state index is 0.297. The van der Waals surface area contributed by atoms with Gasteiger partial charge in [0.05, 0.1) is 6.54 Å². The fraction of sp³-hybridized carbons (Fsp3) is 0.727. The first kappa shape index (κ1) is 12.4. The third kappa shape index (κ3) is 4.60. The highest BCUT2D eigenvalue weighted by molar-refractivity contribution is 8.00. The van der Waals surface area contributed by atoms with Gasteiger partial charge in [-0.15, -0.1) is 0 Å². The summed E-state index contributed by atoms with van der Waals surface area (Å²) >= 11 is 1.86. The molecule has 0 aliphatic rings. The Balaban J connectivity index is 2.62. The Morgan fingerprint density at radius 2 is 2.13 bits per heavy atom. The molecule has 15 heavy (non-hydrogen) atoms. The van der Waals surface area contributed by atoms with Crippen molar-refractivity contribution in [2.24, 2.45) is 5.41 Å². The minimum Gasteiger partial charge on any atom is -0.253 e. The van der Waals surface area contributed by atoms with E-state index in [-0.39, 0.29) is 0 Å². The molecule has 1 heterocycles. The van der Waals surface area contributed by atoms with E-state index in [1.807, 2.05) is 30.7 Å². The number of nitrogens with zero attached hydrogens (tertiary/aromatic N) is 3. The highest BCUT2D eigenvalue weighted by atomic mass is 32.2. The molecule has 0 radical (unpaired) electrons. The molecule has 0 N–H and O–H groups in total. The zero-order valence-corrected chi connectivity index (χ0v) is 10.9. The molecule has 0 atom stereocenters. The van der Waals surface area contributed by atoms with E-state index in [9.17, 15) is 0 Å². The van der Waals surface area contributed by atoms with Crippen LogP contribution in [-0.2, 0) is 0 Å². The van der Waals surface area contributed by atoms with Crippen molar-refractivity contribution in [3.63, 3.8) is 0 Å². The Labute approximate surface area is 97.0 Å². The van der Waals surface area contributed by atoms with Gasteiger partial charge in [-0.05, 0) is 23.8 Å². The van der Waals surface area contributed by atoms with Crippen LogP contribution in [0.3, 0.4) is 0 Å². The summed E-state index contributed by atoms with van der Waals surface area (Å²) in [5.74, 6) is 1.15. The molecule has 0 amide bonds. The van der Waals surface area contributed by atoms with E-state index >= 15 is 0 Å². The molecule has 0 fully saturated rings. The highest BCUT2D eigenvalue weighted by Gasteiger charge is 2.16. The summed E-state index contributed by atoms with van der Waals surface area (Å²) in [4.78, 5) is 4.09. The summed E-state index contributed by atoms with van der Waals surface area (Å²) in [7, 11) is 0. The number of hydrogen-bond acceptors (Lipinski definition) is 3. The molecule has 0 aliphatic carbocycles. The van der Waals surface area contributed by atoms with Crippen LogP contribution < -0.4 is 4.41 Å². The molecule has 0 spiro atoms. The smallest absolute Gasteiger partial charge is 0.115 e. The summed E-state index contributed by atoms with van der Waals surface area (Å²) in [5, 5.41) is 0. The molecule has 3 nitrogen and oxygen atoms in total. The molecule has 0 bridgehead atoms. The molecule has 86 valence electrons. The number of aromatic nitrogens is 2. The Hall–Kier alpha value is -0.640. The topological polar surface area (TPSA) is 21.1 Å². The SMILES string of the molecule is CCCSN(CC(C)(C)C)n1ccnc1. The quantitative estimate of drug-likeness (QED) is 0.722. The largest absolute Gasteiger partial charge is 0.253 e. The van der Waals surface area contributed by atoms with Crippen LogP contribution in [0.2, 0.25) is 0 Å². The van der Waals surface area contributed by atoms with Crippen LogP contribution in [0.4, 0.5) is 0 Å². The molecule has 1 rings (SSSR count). The lowest BCUT2D eigenvalue weighted by Gasteiger charge is -2.30. The third-order valence-corrected chi connectivity index (χ3v) is 3.01. The van der Waals surface area contributed by atoms with Crippen LogP contribution >= 0.6 is 11.9 Å². The van der Waals surface area contributed by atoms with Crippen LogP contribution in [0, 0.1) is 5.41 Å². The molecule has 0 aliphatic heterocycles. The van der Waals surface area contributed by atoms with Crippen molar-refractivity contribution in [2.75, 3.05) is 16.7 Å². The van der Waals surface area contributed by atoms with Gasteiger partial charge in [-0.25, -0.2) is 9.66 Å². The van der Waals surface area contributed by atoms with Gasteiger partial charge in [-0.2, -0.15) is 0 Å². The summed E-state index contributed by atoms with van der Waals surface area (Å²) in [6.07, 6.45) is 6.87. The lowest BCUT2D eigenvalue weighted by Crippen LogP contribution is -2.35. The molecule has 0 aromatic carbocycles. The van der Waals surface area contributed by atoms with Crippen molar-refractivity contribution in [1.29, 1.82) is 0 Å². The Kier molecular flexibility index (Phi) is 4.51. The van der Waals surface area contributed by atoms with Gasteiger partial charge in [0.2, 0.25) is 0 Å². The maximum atomic E-state index is 4.09. The summed E-state index contributed by atoms with van der Waals surface area (Å²) < 4.78 is 4.34. The Morgan fingerprint density at radius 3 is 2.60 bits per heavy atom. The van der Waals surface area contributed by atoms with Gasteiger partial charge in [-0.1, -0.05) is 27.7 Å². The van der Waals surface area contributed by atoms with E-state index in [1.165, 1.54) is 6.42 Å². The minimum absolute atomic E-state index is 0.297. The van der Waals surface area contributed by atoms with Gasteiger partial charge >= 0.3 is 0 Å². The van der Waals surface area contributed by atoms with Crippen LogP contribution in [0.15, 0.2) is 18.7 Å². The van der Waals surface area contributed by atoms with Crippen LogP contribution in [0.1, 0.15) is 34.1 Å². The average Bonchev–Trinajstić information content (AvgIpc) is 2.63. The van der Waals surface area contributed by atoms with Gasteiger partial charge in [0.25, 0.3) is 0 Å². The van der Waals surface area contributed by atoms with Crippen molar-refractivity contribution in [3.8, 4) is 0 Å². The fourth-order valence-electron chi connectivity index (χ4n) is 1.18. The second kappa shape index (κ2) is 5.45. The van der Waals surface area contributed by atoms with Gasteiger partial charge in [0.1, 0.15) is 6.33 Å². The molecule has 1 aromatic rings. The summed E-state index contributed by atoms with van der Waals surface area (Å²) in [6.45, 7) is 9.99. The number of imidazole rings is 1. The fourth-order valence-corrected chi connectivity index (χ4v) is 2.28. The zero-order valence-electron chi connectivity index (χ0n) is 10.1. The third-order valence-electron chi connectivity index (χ3n) is 1.80. The monoisotopic (exact) mass is 227 g/mol. The predicted molar refractivity (Wildman–Crippen MR) is 67.5 cm³/mol. The highest BCUT2D eigenvalue weighted by Crippen LogP contribution is 2.20. The first-order valence-corrected chi connectivity index (χ1v) is 6.36.